The lowest BCUT2D eigenvalue weighted by molar-refractivity contribution is 1.46. The van der Waals surface area contributed by atoms with Crippen LogP contribution in [0.3, 0.4) is 0 Å². The van der Waals surface area contributed by atoms with Crippen molar-refractivity contribution in [1.82, 2.24) is 9.97 Å². The van der Waals surface area contributed by atoms with Crippen molar-refractivity contribution in [2.45, 2.75) is 0 Å². The minimum Gasteiger partial charge on any atom is -0.236 e. The van der Waals surface area contributed by atoms with E-state index in [-0.39, 0.29) is 0 Å². The number of nitrogens with zero attached hydrogens (tertiary/aromatic N) is 2. The van der Waals surface area contributed by atoms with Gasteiger partial charge in [0, 0.05) is 18.3 Å². The van der Waals surface area contributed by atoms with Gasteiger partial charge in [0.25, 0.3) is 0 Å². The number of rotatable bonds is 2. The van der Waals surface area contributed by atoms with Crippen LogP contribution in [0.15, 0.2) is 60.7 Å². The molecule has 5 aromatic rings. The van der Waals surface area contributed by atoms with Gasteiger partial charge in [-0.2, -0.15) is 0 Å². The molecule has 2 heterocycles. The van der Waals surface area contributed by atoms with Crippen molar-refractivity contribution < 1.29 is 0 Å². The molecule has 2 nitrogen and oxygen atoms in total. The molecule has 0 spiro atoms. The van der Waals surface area contributed by atoms with E-state index in [4.69, 9.17) is 9.97 Å². The summed E-state index contributed by atoms with van der Waals surface area (Å²) >= 11 is 8.14. The summed E-state index contributed by atoms with van der Waals surface area (Å²) in [5.74, 6) is 0. The molecule has 2 aromatic heterocycles. The van der Waals surface area contributed by atoms with E-state index in [9.17, 15) is 0 Å². The molecule has 26 heavy (non-hydrogen) atoms. The Morgan fingerprint density at radius 3 is 1.50 bits per heavy atom. The summed E-state index contributed by atoms with van der Waals surface area (Å²) in [6, 6.07) is 21.3. The highest BCUT2D eigenvalue weighted by Gasteiger charge is 2.12. The maximum Gasteiger partial charge on any atom is 0.124 e. The van der Waals surface area contributed by atoms with E-state index >= 15 is 0 Å². The molecule has 5 rings (SSSR count). The van der Waals surface area contributed by atoms with Crippen molar-refractivity contribution in [3.05, 3.63) is 67.8 Å². The molecule has 0 atom stereocenters. The van der Waals surface area contributed by atoms with Gasteiger partial charge in [-0.05, 0) is 81.6 Å². The van der Waals surface area contributed by atoms with E-state index in [2.05, 4.69) is 106 Å². The molecule has 0 bridgehead atoms. The lowest BCUT2D eigenvalue weighted by Gasteiger charge is -1.95. The van der Waals surface area contributed by atoms with E-state index in [1.807, 2.05) is 0 Å². The number of hydrogen-bond donors (Lipinski definition) is 0. The van der Waals surface area contributed by atoms with Crippen LogP contribution in [0.2, 0.25) is 0 Å². The molecule has 0 radical (unpaired) electrons. The van der Waals surface area contributed by atoms with Crippen LogP contribution < -0.4 is 0 Å². The topological polar surface area (TPSA) is 25.8 Å². The average Bonchev–Trinajstić information content (AvgIpc) is 3.22. The van der Waals surface area contributed by atoms with Gasteiger partial charge in [-0.1, -0.05) is 24.3 Å². The fourth-order valence-electron chi connectivity index (χ4n) is 2.84. The second-order valence-electron chi connectivity index (χ2n) is 5.85. The van der Waals surface area contributed by atoms with E-state index in [0.29, 0.717) is 0 Å². The van der Waals surface area contributed by atoms with E-state index in [1.165, 1.54) is 27.7 Å². The molecule has 6 heteroatoms. The molecule has 0 amide bonds. The maximum atomic E-state index is 4.86. The fraction of sp³-hybridized carbons (Fsp3) is 0. The Morgan fingerprint density at radius 1 is 0.615 bits per heavy atom. The van der Waals surface area contributed by atoms with Gasteiger partial charge in [0.15, 0.2) is 0 Å². The van der Waals surface area contributed by atoms with Crippen LogP contribution in [0.25, 0.3) is 41.6 Å². The number of hydrogen-bond acceptors (Lipinski definition) is 4. The minimum absolute atomic E-state index is 1.05. The van der Waals surface area contributed by atoms with Gasteiger partial charge in [0.1, 0.15) is 10.0 Å². The molecule has 0 fully saturated rings. The first-order valence-corrected chi connectivity index (χ1v) is 11.7. The third-order valence-electron chi connectivity index (χ3n) is 4.04. The summed E-state index contributed by atoms with van der Waals surface area (Å²) in [5.41, 5.74) is 4.45. The first-order chi connectivity index (χ1) is 12.7. The largest absolute Gasteiger partial charge is 0.236 e. The molecule has 3 aromatic carbocycles. The molecular formula is C20H10I2N2S2. The predicted octanol–water partition coefficient (Wildman–Crippen LogP) is 7.45. The van der Waals surface area contributed by atoms with Crippen molar-refractivity contribution in [3.8, 4) is 21.1 Å². The SMILES string of the molecule is Ic1cccc(-c2nc3cc4sc(-c5cccc(I)c5)nc4cc3s2)c1. The lowest BCUT2D eigenvalue weighted by Crippen LogP contribution is -1.77. The zero-order chi connectivity index (χ0) is 17.7. The van der Waals surface area contributed by atoms with E-state index in [0.717, 1.165) is 21.0 Å². The van der Waals surface area contributed by atoms with Crippen LogP contribution in [0, 0.1) is 7.14 Å². The van der Waals surface area contributed by atoms with Crippen molar-refractivity contribution in [2.24, 2.45) is 0 Å². The molecule has 0 saturated heterocycles. The van der Waals surface area contributed by atoms with Crippen LogP contribution >= 0.6 is 67.9 Å². The molecule has 0 saturated carbocycles. The number of benzene rings is 3. The molecule has 0 aliphatic heterocycles. The summed E-state index contributed by atoms with van der Waals surface area (Å²) < 4.78 is 4.82. The smallest absolute Gasteiger partial charge is 0.124 e. The molecule has 0 aliphatic rings. The molecule has 126 valence electrons. The average molecular weight is 596 g/mol. The van der Waals surface area contributed by atoms with Crippen molar-refractivity contribution in [2.75, 3.05) is 0 Å². The second kappa shape index (κ2) is 6.81. The Morgan fingerprint density at radius 2 is 1.08 bits per heavy atom. The quantitative estimate of drug-likeness (QED) is 0.198. The van der Waals surface area contributed by atoms with Gasteiger partial charge in [-0.3, -0.25) is 0 Å². The number of aromatic nitrogens is 2. The Hall–Kier alpha value is -1.10. The van der Waals surface area contributed by atoms with Crippen molar-refractivity contribution in [1.29, 1.82) is 0 Å². The fourth-order valence-corrected chi connectivity index (χ4v) is 5.88. The van der Waals surface area contributed by atoms with E-state index in [1.54, 1.807) is 22.7 Å². The Balaban J connectivity index is 1.63. The summed E-state index contributed by atoms with van der Waals surface area (Å²) in [5, 5.41) is 2.13. The molecule has 0 N–H and O–H groups in total. The first-order valence-electron chi connectivity index (χ1n) is 7.89. The van der Waals surface area contributed by atoms with Crippen LogP contribution in [0.5, 0.6) is 0 Å². The predicted molar refractivity (Wildman–Crippen MR) is 129 cm³/mol. The number of fused-ring (bicyclic) bond motifs is 2. The highest BCUT2D eigenvalue weighted by atomic mass is 127. The zero-order valence-corrected chi connectivity index (χ0v) is 19.2. The van der Waals surface area contributed by atoms with Crippen molar-refractivity contribution in [3.63, 3.8) is 0 Å². The minimum atomic E-state index is 1.05. The molecule has 0 aliphatic carbocycles. The summed E-state index contributed by atoms with van der Waals surface area (Å²) in [7, 11) is 0. The highest BCUT2D eigenvalue weighted by molar-refractivity contribution is 14.1. The first kappa shape index (κ1) is 17.0. The zero-order valence-electron chi connectivity index (χ0n) is 13.2. The molecule has 0 unspecified atom stereocenters. The number of thiazole rings is 2. The standard InChI is InChI=1S/C20H10I2N2S2/c21-13-5-1-3-11(7-13)19-23-15-9-18-16(10-17(15)25-19)24-20(26-18)12-4-2-6-14(22)8-12/h1-10H. The number of halogens is 2. The molecular weight excluding hydrogens is 586 g/mol. The summed E-state index contributed by atoms with van der Waals surface area (Å²) in [6.45, 7) is 0. The van der Waals surface area contributed by atoms with Gasteiger partial charge in [0.2, 0.25) is 0 Å². The Labute approximate surface area is 185 Å². The third kappa shape index (κ3) is 3.17. The normalized spacial score (nSPS) is 11.5. The van der Waals surface area contributed by atoms with E-state index < -0.39 is 0 Å². The van der Waals surface area contributed by atoms with Gasteiger partial charge in [-0.15, -0.1) is 22.7 Å². The third-order valence-corrected chi connectivity index (χ3v) is 7.52. The van der Waals surface area contributed by atoms with Gasteiger partial charge >= 0.3 is 0 Å². The lowest BCUT2D eigenvalue weighted by atomic mass is 10.2. The monoisotopic (exact) mass is 596 g/mol. The van der Waals surface area contributed by atoms with Crippen LogP contribution in [-0.4, -0.2) is 9.97 Å². The summed E-state index contributed by atoms with van der Waals surface area (Å²) in [6.07, 6.45) is 0. The highest BCUT2D eigenvalue weighted by Crippen LogP contribution is 2.37. The summed E-state index contributed by atoms with van der Waals surface area (Å²) in [4.78, 5) is 9.73. The second-order valence-corrected chi connectivity index (χ2v) is 10.4. The van der Waals surface area contributed by atoms with Crippen LogP contribution in [0.4, 0.5) is 0 Å². The van der Waals surface area contributed by atoms with Gasteiger partial charge in [0.05, 0.1) is 20.4 Å². The van der Waals surface area contributed by atoms with Crippen LogP contribution in [0.1, 0.15) is 0 Å². The maximum absolute atomic E-state index is 4.86. The van der Waals surface area contributed by atoms with Gasteiger partial charge < -0.3 is 0 Å². The van der Waals surface area contributed by atoms with Gasteiger partial charge in [-0.25, -0.2) is 9.97 Å². The Kier molecular flexibility index (Phi) is 4.46. The van der Waals surface area contributed by atoms with Crippen molar-refractivity contribution >= 4 is 88.3 Å². The van der Waals surface area contributed by atoms with Crippen LogP contribution in [-0.2, 0) is 0 Å². The Bertz CT molecular complexity index is 1130.